The molecule has 0 saturated carbocycles. The highest BCUT2D eigenvalue weighted by Crippen LogP contribution is 2.31. The fourth-order valence-corrected chi connectivity index (χ4v) is 5.00. The van der Waals surface area contributed by atoms with Gasteiger partial charge in [0.05, 0.1) is 33.9 Å². The number of carbonyl (C=O) groups excluding carboxylic acids is 2. The second-order valence-electron chi connectivity index (χ2n) is 9.67. The molecule has 0 aromatic heterocycles. The van der Waals surface area contributed by atoms with Crippen LogP contribution in [0.5, 0.6) is 0 Å². The van der Waals surface area contributed by atoms with Crippen LogP contribution in [0.3, 0.4) is 0 Å². The average molecular weight is 595 g/mol. The Morgan fingerprint density at radius 2 is 0.976 bits per heavy atom. The van der Waals surface area contributed by atoms with Crippen molar-refractivity contribution in [2.75, 3.05) is 20.7 Å². The first-order chi connectivity index (χ1) is 20.3. The van der Waals surface area contributed by atoms with E-state index in [0.29, 0.717) is 44.0 Å². The van der Waals surface area contributed by atoms with Crippen molar-refractivity contribution in [3.8, 4) is 0 Å². The van der Waals surface area contributed by atoms with Crippen molar-refractivity contribution in [2.45, 2.75) is 13.8 Å². The Hall–Kier alpha value is -4.92. The fraction of sp³-hybridized carbons (Fsp3) is 0.0625. The molecule has 0 aliphatic carbocycles. The second-order valence-corrected chi connectivity index (χ2v) is 10.5. The van der Waals surface area contributed by atoms with Crippen LogP contribution >= 0.6 is 23.2 Å². The first-order valence-corrected chi connectivity index (χ1v) is 13.8. The predicted octanol–water partition coefficient (Wildman–Crippen LogP) is 7.58. The molecule has 0 atom stereocenters. The molecule has 0 unspecified atom stereocenters. The minimum absolute atomic E-state index is 0.234. The minimum Gasteiger partial charge on any atom is -0.360 e. The van der Waals surface area contributed by atoms with Gasteiger partial charge in [-0.05, 0) is 74.5 Å². The summed E-state index contributed by atoms with van der Waals surface area (Å²) in [5, 5.41) is 21.2. The number of carbonyl (C=O) groups is 2. The number of anilines is 4. The van der Waals surface area contributed by atoms with Crippen LogP contribution in [0, 0.1) is 0 Å². The zero-order valence-corrected chi connectivity index (χ0v) is 24.1. The molecule has 2 N–H and O–H groups in total. The molecule has 0 fully saturated rings. The SMILES string of the molecule is CC1=NN(c2ccc(Cl)cc2)C(=O)/C1=C/Nc1cccc2c(N/C=C3/C(=O)N(c4ccc(Cl)cc4)N=C3C)cccc12. The van der Waals surface area contributed by atoms with Crippen molar-refractivity contribution in [1.82, 2.24) is 0 Å². The van der Waals surface area contributed by atoms with E-state index in [0.717, 1.165) is 22.1 Å². The highest BCUT2D eigenvalue weighted by atomic mass is 35.5. The first kappa shape index (κ1) is 27.3. The van der Waals surface area contributed by atoms with Crippen LogP contribution in [0.4, 0.5) is 22.7 Å². The van der Waals surface area contributed by atoms with Gasteiger partial charge in [0, 0.05) is 44.6 Å². The van der Waals surface area contributed by atoms with Crippen molar-refractivity contribution < 1.29 is 9.59 Å². The van der Waals surface area contributed by atoms with E-state index < -0.39 is 0 Å². The second kappa shape index (κ2) is 11.2. The molecule has 2 heterocycles. The number of rotatable bonds is 6. The van der Waals surface area contributed by atoms with Crippen LogP contribution in [0.1, 0.15) is 13.8 Å². The summed E-state index contributed by atoms with van der Waals surface area (Å²) in [5.41, 5.74) is 5.02. The van der Waals surface area contributed by atoms with Crippen molar-refractivity contribution in [3.63, 3.8) is 0 Å². The largest absolute Gasteiger partial charge is 0.360 e. The van der Waals surface area contributed by atoms with Gasteiger partial charge in [-0.15, -0.1) is 0 Å². The van der Waals surface area contributed by atoms with Crippen LogP contribution in [0.25, 0.3) is 10.8 Å². The summed E-state index contributed by atoms with van der Waals surface area (Å²) in [6.45, 7) is 3.59. The van der Waals surface area contributed by atoms with E-state index in [-0.39, 0.29) is 11.8 Å². The van der Waals surface area contributed by atoms with Gasteiger partial charge in [0.2, 0.25) is 0 Å². The Morgan fingerprint density at radius 3 is 1.36 bits per heavy atom. The van der Waals surface area contributed by atoms with Gasteiger partial charge in [0.25, 0.3) is 11.8 Å². The molecule has 6 rings (SSSR count). The highest BCUT2D eigenvalue weighted by Gasteiger charge is 2.30. The van der Waals surface area contributed by atoms with Gasteiger partial charge in [0.1, 0.15) is 0 Å². The molecule has 0 radical (unpaired) electrons. The van der Waals surface area contributed by atoms with E-state index in [9.17, 15) is 9.59 Å². The molecule has 2 amide bonds. The summed E-state index contributed by atoms with van der Waals surface area (Å²) >= 11 is 12.0. The molecule has 208 valence electrons. The lowest BCUT2D eigenvalue weighted by Crippen LogP contribution is -2.21. The standard InChI is InChI=1S/C32H24Cl2N6O2/c1-19-27(31(41)39(37-19)23-13-9-21(33)10-14-23)17-35-29-7-3-6-26-25(29)5-4-8-30(26)36-18-28-20(2)38-40(32(28)42)24-15-11-22(34)12-16-24/h3-18,35-36H,1-2H3/b27-17+,28-18+. The lowest BCUT2D eigenvalue weighted by atomic mass is 10.1. The van der Waals surface area contributed by atoms with Crippen LogP contribution in [-0.4, -0.2) is 23.2 Å². The van der Waals surface area contributed by atoms with Crippen molar-refractivity contribution in [2.24, 2.45) is 10.2 Å². The number of amides is 2. The Bertz CT molecular complexity index is 1720. The molecular weight excluding hydrogens is 571 g/mol. The Balaban J connectivity index is 1.23. The highest BCUT2D eigenvalue weighted by molar-refractivity contribution is 6.32. The average Bonchev–Trinajstić information content (AvgIpc) is 3.44. The lowest BCUT2D eigenvalue weighted by Gasteiger charge is -2.13. The third-order valence-electron chi connectivity index (χ3n) is 6.93. The van der Waals surface area contributed by atoms with E-state index in [1.54, 1.807) is 74.8 Å². The van der Waals surface area contributed by atoms with E-state index in [1.807, 2.05) is 36.4 Å². The van der Waals surface area contributed by atoms with Gasteiger partial charge in [0.15, 0.2) is 0 Å². The van der Waals surface area contributed by atoms with Crippen LogP contribution < -0.4 is 20.7 Å². The summed E-state index contributed by atoms with van der Waals surface area (Å²) in [5.74, 6) is -0.468. The molecule has 4 aromatic carbocycles. The third-order valence-corrected chi connectivity index (χ3v) is 7.44. The molecule has 10 heteroatoms. The van der Waals surface area contributed by atoms with E-state index in [2.05, 4.69) is 20.8 Å². The smallest absolute Gasteiger partial charge is 0.282 e. The Morgan fingerprint density at radius 1 is 0.595 bits per heavy atom. The monoisotopic (exact) mass is 594 g/mol. The fourth-order valence-electron chi connectivity index (χ4n) is 4.74. The molecule has 4 aromatic rings. The Labute approximate surface area is 252 Å². The van der Waals surface area contributed by atoms with E-state index in [4.69, 9.17) is 23.2 Å². The summed E-state index contributed by atoms with van der Waals surface area (Å²) < 4.78 is 0. The normalized spacial score (nSPS) is 17.0. The van der Waals surface area contributed by atoms with Crippen LogP contribution in [0.2, 0.25) is 10.0 Å². The molecule has 0 spiro atoms. The number of hydrazone groups is 2. The maximum atomic E-state index is 13.1. The van der Waals surface area contributed by atoms with Crippen molar-refractivity contribution in [3.05, 3.63) is 119 Å². The quantitative estimate of drug-likeness (QED) is 0.225. The topological polar surface area (TPSA) is 89.4 Å². The predicted molar refractivity (Wildman–Crippen MR) is 171 cm³/mol. The molecule has 0 saturated heterocycles. The van der Waals surface area contributed by atoms with E-state index in [1.165, 1.54) is 10.0 Å². The number of nitrogens with zero attached hydrogens (tertiary/aromatic N) is 4. The summed E-state index contributed by atoms with van der Waals surface area (Å²) in [4.78, 5) is 26.3. The van der Waals surface area contributed by atoms with Gasteiger partial charge in [-0.1, -0.05) is 47.5 Å². The van der Waals surface area contributed by atoms with Gasteiger partial charge in [-0.25, -0.2) is 0 Å². The number of fused-ring (bicyclic) bond motifs is 1. The molecule has 2 aliphatic rings. The summed E-state index contributed by atoms with van der Waals surface area (Å²) in [6.07, 6.45) is 3.35. The number of benzene rings is 4. The molecular formula is C32H24Cl2N6O2. The maximum absolute atomic E-state index is 13.1. The maximum Gasteiger partial charge on any atom is 0.282 e. The zero-order valence-electron chi connectivity index (χ0n) is 22.6. The van der Waals surface area contributed by atoms with Crippen molar-refractivity contribution >= 4 is 80.0 Å². The summed E-state index contributed by atoms with van der Waals surface area (Å²) in [7, 11) is 0. The molecule has 0 bridgehead atoms. The minimum atomic E-state index is -0.234. The summed E-state index contributed by atoms with van der Waals surface area (Å²) in [6, 6.07) is 25.6. The lowest BCUT2D eigenvalue weighted by molar-refractivity contribution is -0.115. The molecule has 42 heavy (non-hydrogen) atoms. The van der Waals surface area contributed by atoms with Crippen molar-refractivity contribution in [1.29, 1.82) is 0 Å². The zero-order chi connectivity index (χ0) is 29.4. The van der Waals surface area contributed by atoms with Gasteiger partial charge < -0.3 is 10.6 Å². The number of hydrogen-bond acceptors (Lipinski definition) is 6. The van der Waals surface area contributed by atoms with Crippen LogP contribution in [-0.2, 0) is 9.59 Å². The third kappa shape index (κ3) is 5.13. The van der Waals surface area contributed by atoms with E-state index >= 15 is 0 Å². The number of halogens is 2. The number of nitrogens with one attached hydrogen (secondary N) is 2. The van der Waals surface area contributed by atoms with Gasteiger partial charge >= 0.3 is 0 Å². The van der Waals surface area contributed by atoms with Gasteiger partial charge in [-0.3, -0.25) is 9.59 Å². The van der Waals surface area contributed by atoms with Crippen LogP contribution in [0.15, 0.2) is 119 Å². The Kier molecular flexibility index (Phi) is 7.24. The first-order valence-electron chi connectivity index (χ1n) is 13.1. The van der Waals surface area contributed by atoms with Gasteiger partial charge in [-0.2, -0.15) is 20.2 Å². The molecule has 8 nitrogen and oxygen atoms in total. The molecule has 2 aliphatic heterocycles. The number of hydrogen-bond donors (Lipinski definition) is 2.